The molecule has 5 aromatic carbocycles. The zero-order chi connectivity index (χ0) is 56.5. The average molecular weight is 1100 g/mol. The SMILES string of the molecule is CSc1ccc([C@H](OC(C)=O)[C@H](COC(C)=O)NC(=O)c2ccccc2NC(=O)c2cc(NC(=O)c3ccccc3N)cc(C(=O)Nc3ccccc3C(=O)N[C@@H](COC(C)=O)[C@@H](OC(C)=O)c3ccc(SC)cc3)n2)cc1. The maximum atomic E-state index is 14.3. The number of nitrogens with one attached hydrogen (secondary N) is 5. The fourth-order valence-electron chi connectivity index (χ4n) is 7.72. The summed E-state index contributed by atoms with van der Waals surface area (Å²) in [6, 6.07) is 32.2. The van der Waals surface area contributed by atoms with Crippen LogP contribution in [0.5, 0.6) is 0 Å². The summed E-state index contributed by atoms with van der Waals surface area (Å²) in [6.45, 7) is 3.94. The summed E-state index contributed by atoms with van der Waals surface area (Å²) in [5.74, 6) is -6.83. The number of hydrogen-bond acceptors (Lipinski definition) is 17. The van der Waals surface area contributed by atoms with Crippen LogP contribution in [0.4, 0.5) is 22.7 Å². The van der Waals surface area contributed by atoms with E-state index in [1.54, 1.807) is 60.7 Å². The minimum atomic E-state index is -1.13. The van der Waals surface area contributed by atoms with Crippen LogP contribution in [0.25, 0.3) is 0 Å². The van der Waals surface area contributed by atoms with Gasteiger partial charge in [0.2, 0.25) is 0 Å². The molecule has 0 aliphatic carbocycles. The third kappa shape index (κ3) is 16.2. The molecule has 7 N–H and O–H groups in total. The van der Waals surface area contributed by atoms with Crippen LogP contribution in [0.2, 0.25) is 0 Å². The van der Waals surface area contributed by atoms with Gasteiger partial charge in [0.1, 0.15) is 36.7 Å². The number of nitrogens with zero attached hydrogens (tertiary/aromatic N) is 1. The first-order chi connectivity index (χ1) is 37.3. The number of benzene rings is 5. The lowest BCUT2D eigenvalue weighted by atomic mass is 10.0. The highest BCUT2D eigenvalue weighted by Gasteiger charge is 2.32. The minimum absolute atomic E-state index is 0.0428. The molecular formula is C56H55N7O13S2. The van der Waals surface area contributed by atoms with Crippen molar-refractivity contribution in [3.63, 3.8) is 0 Å². The maximum Gasteiger partial charge on any atom is 0.303 e. The Hall–Kier alpha value is -9.02. The third-order valence-corrected chi connectivity index (χ3v) is 12.9. The molecule has 0 bridgehead atoms. The summed E-state index contributed by atoms with van der Waals surface area (Å²) in [5, 5.41) is 13.5. The standard InChI is InChI=1S/C56H55N7O13S2/c1-31(64)73-29-48(50(75-33(3)66)35-19-23-38(77-5)24-20-35)62-53(69)41-14-8-11-17-44(41)60-55(71)46-27-37(58-52(68)40-13-7-10-16-43(40)57)28-47(59-46)56(72)61-45-18-12-9-15-42(45)54(70)63-49(30-74-32(2)65)51(76-34(4)67)36-21-25-39(78-6)26-22-36/h7-28,48-51H,29-30,57H2,1-6H3,(H,60,71)(H,61,72)(H,62,69)(H,63,70)(H,58,59,68)/t48-,49-,50-,51-/m0/s1. The molecule has 0 saturated heterocycles. The molecule has 6 aromatic rings. The van der Waals surface area contributed by atoms with Gasteiger partial charge >= 0.3 is 23.9 Å². The van der Waals surface area contributed by atoms with Crippen LogP contribution in [0, 0.1) is 0 Å². The number of ether oxygens (including phenoxy) is 4. The first kappa shape index (κ1) is 58.2. The van der Waals surface area contributed by atoms with Crippen LogP contribution in [0.3, 0.4) is 0 Å². The molecule has 0 unspecified atom stereocenters. The van der Waals surface area contributed by atoms with Gasteiger partial charge in [0.05, 0.1) is 28.1 Å². The van der Waals surface area contributed by atoms with Crippen molar-refractivity contribution < 1.29 is 62.1 Å². The van der Waals surface area contributed by atoms with Crippen LogP contribution in [0.15, 0.2) is 143 Å². The van der Waals surface area contributed by atoms with Gasteiger partial charge in [0.15, 0.2) is 12.2 Å². The van der Waals surface area contributed by atoms with Gasteiger partial charge in [0.25, 0.3) is 29.5 Å². The smallest absolute Gasteiger partial charge is 0.303 e. The van der Waals surface area contributed by atoms with E-state index in [4.69, 9.17) is 24.7 Å². The van der Waals surface area contributed by atoms with Crippen molar-refractivity contribution >= 4 is 99.7 Å². The number of nitrogens with two attached hydrogens (primary N) is 1. The quantitative estimate of drug-likeness (QED) is 0.0164. The molecular weight excluding hydrogens is 1040 g/mol. The number of carbonyl (C=O) groups is 9. The lowest BCUT2D eigenvalue weighted by molar-refractivity contribution is -0.152. The van der Waals surface area contributed by atoms with Gasteiger partial charge in [0, 0.05) is 48.9 Å². The fraction of sp³-hybridized carbons (Fsp3) is 0.214. The first-order valence-electron chi connectivity index (χ1n) is 23.8. The molecule has 1 heterocycles. The Kier molecular flexibility index (Phi) is 20.7. The van der Waals surface area contributed by atoms with Crippen molar-refractivity contribution in [3.05, 3.63) is 173 Å². The molecule has 4 atom stereocenters. The van der Waals surface area contributed by atoms with Crippen molar-refractivity contribution in [2.75, 3.05) is 47.4 Å². The number of rotatable bonds is 22. The summed E-state index contributed by atoms with van der Waals surface area (Å²) in [4.78, 5) is 126. The zero-order valence-electron chi connectivity index (χ0n) is 43.1. The Bertz CT molecular complexity index is 3030. The number of carbonyl (C=O) groups excluding carboxylic acids is 9. The second-order valence-corrected chi connectivity index (χ2v) is 18.8. The van der Waals surface area contributed by atoms with E-state index in [9.17, 15) is 43.2 Å². The van der Waals surface area contributed by atoms with Crippen molar-refractivity contribution in [1.82, 2.24) is 15.6 Å². The van der Waals surface area contributed by atoms with Gasteiger partial charge in [-0.2, -0.15) is 0 Å². The van der Waals surface area contributed by atoms with E-state index in [0.717, 1.165) is 9.79 Å². The lowest BCUT2D eigenvalue weighted by Crippen LogP contribution is -2.44. The minimum Gasteiger partial charge on any atom is -0.464 e. The molecule has 78 heavy (non-hydrogen) atoms. The highest BCUT2D eigenvalue weighted by Crippen LogP contribution is 2.29. The summed E-state index contributed by atoms with van der Waals surface area (Å²) >= 11 is 2.97. The van der Waals surface area contributed by atoms with Crippen LogP contribution in [-0.2, 0) is 38.1 Å². The molecule has 6 rings (SSSR count). The molecule has 404 valence electrons. The Balaban J connectivity index is 1.31. The molecule has 0 aliphatic heterocycles. The highest BCUT2D eigenvalue weighted by molar-refractivity contribution is 7.98. The molecule has 1 aromatic heterocycles. The number of anilines is 4. The van der Waals surface area contributed by atoms with Crippen LogP contribution in [0.1, 0.15) is 103 Å². The second-order valence-electron chi connectivity index (χ2n) is 17.0. The molecule has 5 amide bonds. The van der Waals surface area contributed by atoms with E-state index in [-0.39, 0.29) is 39.4 Å². The molecule has 0 fully saturated rings. The number of pyridine rings is 1. The van der Waals surface area contributed by atoms with Gasteiger partial charge in [-0.05, 0) is 96.4 Å². The molecule has 0 spiro atoms. The highest BCUT2D eigenvalue weighted by atomic mass is 32.2. The summed E-state index contributed by atoms with van der Waals surface area (Å²) < 4.78 is 22.0. The van der Waals surface area contributed by atoms with Gasteiger partial charge in [-0.3, -0.25) is 43.2 Å². The van der Waals surface area contributed by atoms with E-state index in [1.165, 1.54) is 124 Å². The Morgan fingerprint density at radius 2 is 0.859 bits per heavy atom. The van der Waals surface area contributed by atoms with E-state index < -0.39 is 102 Å². The zero-order valence-corrected chi connectivity index (χ0v) is 44.7. The maximum absolute atomic E-state index is 14.3. The van der Waals surface area contributed by atoms with E-state index >= 15 is 0 Å². The van der Waals surface area contributed by atoms with Crippen LogP contribution < -0.4 is 32.3 Å². The van der Waals surface area contributed by atoms with E-state index in [2.05, 4.69) is 31.6 Å². The normalized spacial score (nSPS) is 12.2. The van der Waals surface area contributed by atoms with Gasteiger partial charge in [-0.1, -0.05) is 60.7 Å². The number of amides is 5. The van der Waals surface area contributed by atoms with Gasteiger partial charge in [-0.15, -0.1) is 23.5 Å². The van der Waals surface area contributed by atoms with E-state index in [0.29, 0.717) is 11.1 Å². The van der Waals surface area contributed by atoms with Crippen molar-refractivity contribution in [2.24, 2.45) is 0 Å². The predicted molar refractivity (Wildman–Crippen MR) is 293 cm³/mol. The fourth-order valence-corrected chi connectivity index (χ4v) is 8.53. The van der Waals surface area contributed by atoms with E-state index in [1.807, 2.05) is 12.5 Å². The Labute approximate surface area is 457 Å². The number of esters is 4. The van der Waals surface area contributed by atoms with Crippen molar-refractivity contribution in [2.45, 2.75) is 61.8 Å². The first-order valence-corrected chi connectivity index (χ1v) is 26.3. The molecule has 20 nitrogen and oxygen atoms in total. The van der Waals surface area contributed by atoms with Gasteiger partial charge in [-0.25, -0.2) is 4.98 Å². The number of hydrogen-bond donors (Lipinski definition) is 6. The number of aromatic nitrogens is 1. The van der Waals surface area contributed by atoms with Crippen molar-refractivity contribution in [1.29, 1.82) is 0 Å². The Morgan fingerprint density at radius 3 is 1.23 bits per heavy atom. The lowest BCUT2D eigenvalue weighted by Gasteiger charge is -2.28. The number of thioether (sulfide) groups is 2. The molecule has 22 heteroatoms. The van der Waals surface area contributed by atoms with Crippen LogP contribution >= 0.6 is 23.5 Å². The average Bonchev–Trinajstić information content (AvgIpc) is 3.45. The largest absolute Gasteiger partial charge is 0.464 e. The Morgan fingerprint density at radius 1 is 0.474 bits per heavy atom. The molecule has 0 aliphatic rings. The third-order valence-electron chi connectivity index (χ3n) is 11.4. The summed E-state index contributed by atoms with van der Waals surface area (Å²) in [6.07, 6.45) is 1.53. The monoisotopic (exact) mass is 1100 g/mol. The second kappa shape index (κ2) is 27.7. The topological polar surface area (TPSA) is 290 Å². The number of para-hydroxylation sites is 3. The molecule has 0 saturated carbocycles. The summed E-state index contributed by atoms with van der Waals surface area (Å²) in [7, 11) is 0. The predicted octanol–water partition coefficient (Wildman–Crippen LogP) is 7.80. The molecule has 0 radical (unpaired) electrons. The van der Waals surface area contributed by atoms with Crippen LogP contribution in [-0.4, -0.2) is 96.2 Å². The number of nitrogen functional groups attached to an aromatic ring is 1. The van der Waals surface area contributed by atoms with Gasteiger partial charge < -0.3 is 51.3 Å². The van der Waals surface area contributed by atoms with Crippen molar-refractivity contribution in [3.8, 4) is 0 Å². The summed E-state index contributed by atoms with van der Waals surface area (Å²) in [5.41, 5.74) is 6.10.